The summed E-state index contributed by atoms with van der Waals surface area (Å²) >= 11 is 0. The molecule has 0 spiro atoms. The molecule has 0 heterocycles. The molecule has 2 aromatic carbocycles. The molecule has 0 aliphatic rings. The molecule has 1 N–H and O–H groups in total. The SMILES string of the molecule is CC[C@@H](C)NC(=O)COC(=O)c1ccc(S(=O)(=O)N(CC)c2ccccc2)cc1. The molecule has 0 saturated heterocycles. The topological polar surface area (TPSA) is 92.8 Å². The first-order chi connectivity index (χ1) is 13.8. The molecule has 0 fully saturated rings. The van der Waals surface area contributed by atoms with Gasteiger partial charge >= 0.3 is 5.97 Å². The molecule has 0 unspecified atom stereocenters. The number of carbonyl (C=O) groups is 2. The van der Waals surface area contributed by atoms with Crippen LogP contribution in [0.4, 0.5) is 5.69 Å². The van der Waals surface area contributed by atoms with Gasteiger partial charge in [0.05, 0.1) is 16.1 Å². The Morgan fingerprint density at radius 3 is 2.21 bits per heavy atom. The summed E-state index contributed by atoms with van der Waals surface area (Å²) < 4.78 is 32.2. The van der Waals surface area contributed by atoms with Crippen LogP contribution in [0.25, 0.3) is 0 Å². The van der Waals surface area contributed by atoms with Crippen molar-refractivity contribution in [2.45, 2.75) is 38.1 Å². The first-order valence-electron chi connectivity index (χ1n) is 9.44. The average molecular weight is 419 g/mol. The molecule has 0 saturated carbocycles. The van der Waals surface area contributed by atoms with Crippen molar-refractivity contribution in [1.29, 1.82) is 0 Å². The summed E-state index contributed by atoms with van der Waals surface area (Å²) in [6.07, 6.45) is 0.771. The summed E-state index contributed by atoms with van der Waals surface area (Å²) in [5, 5.41) is 2.70. The molecular formula is C21H26N2O5S. The number of carbonyl (C=O) groups excluding carboxylic acids is 2. The molecule has 29 heavy (non-hydrogen) atoms. The molecule has 7 nitrogen and oxygen atoms in total. The van der Waals surface area contributed by atoms with Crippen molar-refractivity contribution in [2.24, 2.45) is 0 Å². The van der Waals surface area contributed by atoms with Crippen LogP contribution >= 0.6 is 0 Å². The smallest absolute Gasteiger partial charge is 0.338 e. The van der Waals surface area contributed by atoms with Gasteiger partial charge in [0, 0.05) is 12.6 Å². The van der Waals surface area contributed by atoms with Crippen LogP contribution in [0, 0.1) is 0 Å². The van der Waals surface area contributed by atoms with E-state index in [9.17, 15) is 18.0 Å². The quantitative estimate of drug-likeness (QED) is 0.632. The van der Waals surface area contributed by atoms with Crippen LogP contribution in [0.2, 0.25) is 0 Å². The lowest BCUT2D eigenvalue weighted by atomic mass is 10.2. The van der Waals surface area contributed by atoms with Crippen molar-refractivity contribution in [3.05, 3.63) is 60.2 Å². The Morgan fingerprint density at radius 1 is 1.03 bits per heavy atom. The van der Waals surface area contributed by atoms with Crippen molar-refractivity contribution in [3.63, 3.8) is 0 Å². The molecule has 0 radical (unpaired) electrons. The van der Waals surface area contributed by atoms with E-state index in [4.69, 9.17) is 4.74 Å². The predicted molar refractivity (Wildman–Crippen MR) is 111 cm³/mol. The second kappa shape index (κ2) is 10.1. The average Bonchev–Trinajstić information content (AvgIpc) is 2.73. The van der Waals surface area contributed by atoms with Crippen molar-refractivity contribution in [2.75, 3.05) is 17.5 Å². The van der Waals surface area contributed by atoms with E-state index in [2.05, 4.69) is 5.32 Å². The number of amides is 1. The van der Waals surface area contributed by atoms with Crippen molar-refractivity contribution in [1.82, 2.24) is 5.32 Å². The van der Waals surface area contributed by atoms with Crippen LogP contribution in [0.1, 0.15) is 37.6 Å². The summed E-state index contributed by atoms with van der Waals surface area (Å²) in [5.74, 6) is -1.07. The van der Waals surface area contributed by atoms with E-state index in [0.717, 1.165) is 6.42 Å². The lowest BCUT2D eigenvalue weighted by Gasteiger charge is -2.22. The number of para-hydroxylation sites is 1. The van der Waals surface area contributed by atoms with Gasteiger partial charge in [-0.25, -0.2) is 13.2 Å². The summed E-state index contributed by atoms with van der Waals surface area (Å²) in [6, 6.07) is 14.3. The maximum Gasteiger partial charge on any atom is 0.338 e. The zero-order valence-corrected chi connectivity index (χ0v) is 17.6. The minimum absolute atomic E-state index is 0.00295. The van der Waals surface area contributed by atoms with Crippen LogP contribution in [0.3, 0.4) is 0 Å². The van der Waals surface area contributed by atoms with Crippen molar-refractivity contribution >= 4 is 27.6 Å². The van der Waals surface area contributed by atoms with Crippen LogP contribution in [-0.2, 0) is 19.6 Å². The van der Waals surface area contributed by atoms with E-state index in [1.165, 1.54) is 28.6 Å². The third-order valence-corrected chi connectivity index (χ3v) is 6.28. The number of benzene rings is 2. The third-order valence-electron chi connectivity index (χ3n) is 4.36. The lowest BCUT2D eigenvalue weighted by Crippen LogP contribution is -2.35. The van der Waals surface area contributed by atoms with E-state index in [-0.39, 0.29) is 35.6 Å². The standard InChI is InChI=1S/C21H26N2O5S/c1-4-16(3)22-20(24)15-28-21(25)17-11-13-19(14-12-17)29(26,27)23(5-2)18-9-7-6-8-10-18/h6-14,16H,4-5,15H2,1-3H3,(H,22,24)/t16-/m1/s1. The maximum absolute atomic E-state index is 12.9. The Bertz CT molecular complexity index is 927. The molecule has 0 bridgehead atoms. The minimum atomic E-state index is -3.77. The van der Waals surface area contributed by atoms with Crippen LogP contribution in [0.15, 0.2) is 59.5 Å². The predicted octanol–water partition coefficient (Wildman–Crippen LogP) is 2.97. The fraction of sp³-hybridized carbons (Fsp3) is 0.333. The Labute approximate surface area is 171 Å². The van der Waals surface area contributed by atoms with Gasteiger partial charge in [-0.1, -0.05) is 25.1 Å². The number of ether oxygens (including phenoxy) is 1. The van der Waals surface area contributed by atoms with Gasteiger partial charge in [-0.15, -0.1) is 0 Å². The van der Waals surface area contributed by atoms with Crippen LogP contribution in [0.5, 0.6) is 0 Å². The minimum Gasteiger partial charge on any atom is -0.452 e. The molecule has 1 amide bonds. The highest BCUT2D eigenvalue weighted by Gasteiger charge is 2.24. The second-order valence-electron chi connectivity index (χ2n) is 6.48. The first-order valence-corrected chi connectivity index (χ1v) is 10.9. The normalized spacial score (nSPS) is 12.1. The number of anilines is 1. The number of nitrogens with one attached hydrogen (secondary N) is 1. The Kier molecular flexibility index (Phi) is 7.78. The monoisotopic (exact) mass is 418 g/mol. The van der Waals surface area contributed by atoms with Gasteiger partial charge in [0.2, 0.25) is 0 Å². The van der Waals surface area contributed by atoms with Gasteiger partial charge in [-0.3, -0.25) is 9.10 Å². The molecule has 2 aromatic rings. The fourth-order valence-corrected chi connectivity index (χ4v) is 4.08. The highest BCUT2D eigenvalue weighted by atomic mass is 32.2. The van der Waals surface area contributed by atoms with Gasteiger partial charge in [0.25, 0.3) is 15.9 Å². The summed E-state index contributed by atoms with van der Waals surface area (Å²) in [7, 11) is -3.77. The number of nitrogens with zero attached hydrogens (tertiary/aromatic N) is 1. The molecule has 2 rings (SSSR count). The van der Waals surface area contributed by atoms with Crippen molar-refractivity contribution < 1.29 is 22.7 Å². The van der Waals surface area contributed by atoms with E-state index in [1.807, 2.05) is 19.9 Å². The zero-order valence-electron chi connectivity index (χ0n) is 16.8. The second-order valence-corrected chi connectivity index (χ2v) is 8.34. The largest absolute Gasteiger partial charge is 0.452 e. The van der Waals surface area contributed by atoms with Gasteiger partial charge in [0.1, 0.15) is 0 Å². The zero-order chi connectivity index (χ0) is 21.4. The number of rotatable bonds is 9. The lowest BCUT2D eigenvalue weighted by molar-refractivity contribution is -0.124. The highest BCUT2D eigenvalue weighted by Crippen LogP contribution is 2.23. The summed E-state index contributed by atoms with van der Waals surface area (Å²) in [6.45, 7) is 5.42. The third kappa shape index (κ3) is 5.80. The molecule has 0 aliphatic heterocycles. The molecule has 8 heteroatoms. The molecule has 0 aromatic heterocycles. The van der Waals surface area contributed by atoms with E-state index in [0.29, 0.717) is 5.69 Å². The van der Waals surface area contributed by atoms with Crippen LogP contribution < -0.4 is 9.62 Å². The number of esters is 1. The molecular weight excluding hydrogens is 392 g/mol. The van der Waals surface area contributed by atoms with E-state index >= 15 is 0 Å². The Hall–Kier alpha value is -2.87. The van der Waals surface area contributed by atoms with Gasteiger partial charge in [-0.2, -0.15) is 0 Å². The summed E-state index contributed by atoms with van der Waals surface area (Å²) in [5.41, 5.74) is 0.730. The van der Waals surface area contributed by atoms with Crippen LogP contribution in [-0.4, -0.2) is 39.5 Å². The van der Waals surface area contributed by atoms with E-state index < -0.39 is 16.0 Å². The number of hydrogen-bond acceptors (Lipinski definition) is 5. The Balaban J connectivity index is 2.08. The van der Waals surface area contributed by atoms with Gasteiger partial charge in [0.15, 0.2) is 6.61 Å². The van der Waals surface area contributed by atoms with Gasteiger partial charge in [-0.05, 0) is 56.7 Å². The molecule has 1 atom stereocenters. The summed E-state index contributed by atoms with van der Waals surface area (Å²) in [4.78, 5) is 23.9. The molecule has 0 aliphatic carbocycles. The maximum atomic E-state index is 12.9. The highest BCUT2D eigenvalue weighted by molar-refractivity contribution is 7.92. The van der Waals surface area contributed by atoms with Crippen molar-refractivity contribution in [3.8, 4) is 0 Å². The number of sulfonamides is 1. The van der Waals surface area contributed by atoms with E-state index in [1.54, 1.807) is 31.2 Å². The number of hydrogen-bond donors (Lipinski definition) is 1. The fourth-order valence-electron chi connectivity index (χ4n) is 2.61. The first kappa shape index (κ1) is 22.4. The Morgan fingerprint density at radius 2 is 1.66 bits per heavy atom. The van der Waals surface area contributed by atoms with Gasteiger partial charge < -0.3 is 10.1 Å². The molecule has 156 valence electrons.